The van der Waals surface area contributed by atoms with E-state index in [0.717, 1.165) is 0 Å². The van der Waals surface area contributed by atoms with Crippen LogP contribution < -0.4 is 5.73 Å². The standard InChI is InChI=1S/C10H14N4O4S/c1-6(2-3-15)19-10-8(14(17)18)4-7(5-12-10)9(11)13-16/h4-6,15-16H,2-3H2,1H3,(H2,11,13). The first kappa shape index (κ1) is 15.2. The maximum absolute atomic E-state index is 11.0. The molecule has 104 valence electrons. The maximum atomic E-state index is 11.0. The van der Waals surface area contributed by atoms with Crippen LogP contribution in [-0.2, 0) is 0 Å². The van der Waals surface area contributed by atoms with Gasteiger partial charge in [-0.05, 0) is 6.42 Å². The molecule has 0 radical (unpaired) electrons. The Morgan fingerprint density at radius 1 is 1.74 bits per heavy atom. The van der Waals surface area contributed by atoms with Crippen molar-refractivity contribution in [2.45, 2.75) is 23.6 Å². The molecule has 4 N–H and O–H groups in total. The molecule has 0 amide bonds. The van der Waals surface area contributed by atoms with E-state index in [0.29, 0.717) is 6.42 Å². The van der Waals surface area contributed by atoms with E-state index in [1.807, 2.05) is 6.92 Å². The van der Waals surface area contributed by atoms with Gasteiger partial charge in [0.15, 0.2) is 10.9 Å². The molecule has 0 spiro atoms. The monoisotopic (exact) mass is 286 g/mol. The first-order chi connectivity index (χ1) is 8.99. The van der Waals surface area contributed by atoms with Crippen LogP contribution in [-0.4, -0.2) is 37.9 Å². The second kappa shape index (κ2) is 6.90. The van der Waals surface area contributed by atoms with E-state index in [1.165, 1.54) is 24.0 Å². The van der Waals surface area contributed by atoms with Crippen LogP contribution >= 0.6 is 11.8 Å². The highest BCUT2D eigenvalue weighted by atomic mass is 32.2. The van der Waals surface area contributed by atoms with Gasteiger partial charge >= 0.3 is 5.69 Å². The van der Waals surface area contributed by atoms with Gasteiger partial charge in [-0.2, -0.15) is 0 Å². The predicted molar refractivity (Wildman–Crippen MR) is 70.4 cm³/mol. The normalized spacial score (nSPS) is 13.3. The molecule has 1 heterocycles. The van der Waals surface area contributed by atoms with Crippen molar-refractivity contribution in [1.29, 1.82) is 0 Å². The molecule has 0 aliphatic carbocycles. The quantitative estimate of drug-likeness (QED) is 0.177. The number of thioether (sulfide) groups is 1. The second-order valence-corrected chi connectivity index (χ2v) is 5.16. The van der Waals surface area contributed by atoms with Crippen LogP contribution in [0.1, 0.15) is 18.9 Å². The summed E-state index contributed by atoms with van der Waals surface area (Å²) in [6, 6.07) is 1.20. The number of hydrogen-bond donors (Lipinski definition) is 3. The summed E-state index contributed by atoms with van der Waals surface area (Å²) >= 11 is 1.20. The second-order valence-electron chi connectivity index (χ2n) is 3.73. The minimum Gasteiger partial charge on any atom is -0.409 e. The first-order valence-electron chi connectivity index (χ1n) is 5.39. The number of aliphatic hydroxyl groups is 1. The SMILES string of the molecule is CC(CCO)Sc1ncc(C(N)=NO)cc1[N+](=O)[O-]. The molecule has 1 aromatic heterocycles. The number of aromatic nitrogens is 1. The van der Waals surface area contributed by atoms with E-state index in [4.69, 9.17) is 16.0 Å². The Morgan fingerprint density at radius 2 is 2.42 bits per heavy atom. The molecule has 1 aromatic rings. The number of pyridine rings is 1. The molecule has 0 saturated carbocycles. The van der Waals surface area contributed by atoms with Crippen molar-refractivity contribution in [2.24, 2.45) is 10.9 Å². The lowest BCUT2D eigenvalue weighted by molar-refractivity contribution is -0.388. The summed E-state index contributed by atoms with van der Waals surface area (Å²) in [5, 5.41) is 31.3. The van der Waals surface area contributed by atoms with Gasteiger partial charge in [0.05, 0.1) is 4.92 Å². The Hall–Kier alpha value is -1.87. The summed E-state index contributed by atoms with van der Waals surface area (Å²) in [6.07, 6.45) is 1.81. The number of rotatable bonds is 6. The van der Waals surface area contributed by atoms with Crippen LogP contribution in [0.5, 0.6) is 0 Å². The lowest BCUT2D eigenvalue weighted by Gasteiger charge is -2.09. The number of aliphatic hydroxyl groups excluding tert-OH is 1. The van der Waals surface area contributed by atoms with Crippen LogP contribution in [0.2, 0.25) is 0 Å². The van der Waals surface area contributed by atoms with Crippen molar-refractivity contribution in [2.75, 3.05) is 6.61 Å². The van der Waals surface area contributed by atoms with E-state index in [-0.39, 0.29) is 34.0 Å². The van der Waals surface area contributed by atoms with Gasteiger partial charge in [0.25, 0.3) is 0 Å². The Kier molecular flexibility index (Phi) is 5.52. The lowest BCUT2D eigenvalue weighted by atomic mass is 10.2. The van der Waals surface area contributed by atoms with E-state index in [2.05, 4.69) is 10.1 Å². The van der Waals surface area contributed by atoms with E-state index in [1.54, 1.807) is 0 Å². The fourth-order valence-electron chi connectivity index (χ4n) is 1.29. The van der Waals surface area contributed by atoms with Crippen LogP contribution in [0.3, 0.4) is 0 Å². The highest BCUT2D eigenvalue weighted by Gasteiger charge is 2.20. The van der Waals surface area contributed by atoms with Crippen molar-refractivity contribution >= 4 is 23.3 Å². The summed E-state index contributed by atoms with van der Waals surface area (Å²) in [6.45, 7) is 1.84. The van der Waals surface area contributed by atoms with Gasteiger partial charge < -0.3 is 16.0 Å². The van der Waals surface area contributed by atoms with Crippen LogP contribution in [0.15, 0.2) is 22.4 Å². The van der Waals surface area contributed by atoms with Crippen molar-refractivity contribution in [1.82, 2.24) is 4.98 Å². The summed E-state index contributed by atoms with van der Waals surface area (Å²) in [7, 11) is 0. The topological polar surface area (TPSA) is 135 Å². The summed E-state index contributed by atoms with van der Waals surface area (Å²) < 4.78 is 0. The van der Waals surface area contributed by atoms with Crippen molar-refractivity contribution < 1.29 is 15.2 Å². The summed E-state index contributed by atoms with van der Waals surface area (Å²) in [5.41, 5.74) is 5.32. The van der Waals surface area contributed by atoms with Gasteiger partial charge in [0.2, 0.25) is 0 Å². The van der Waals surface area contributed by atoms with Crippen molar-refractivity contribution in [3.8, 4) is 0 Å². The maximum Gasteiger partial charge on any atom is 0.302 e. The number of hydrogen-bond acceptors (Lipinski definition) is 7. The molecule has 19 heavy (non-hydrogen) atoms. The number of oxime groups is 1. The van der Waals surface area contributed by atoms with Crippen LogP contribution in [0.25, 0.3) is 0 Å². The average molecular weight is 286 g/mol. The van der Waals surface area contributed by atoms with Gasteiger partial charge in [-0.25, -0.2) is 4.98 Å². The van der Waals surface area contributed by atoms with Gasteiger partial charge in [-0.1, -0.05) is 23.8 Å². The highest BCUT2D eigenvalue weighted by molar-refractivity contribution is 8.00. The molecule has 0 aromatic carbocycles. The molecule has 0 fully saturated rings. The Labute approximate surface area is 113 Å². The molecular weight excluding hydrogens is 272 g/mol. The summed E-state index contributed by atoms with van der Waals surface area (Å²) in [4.78, 5) is 14.4. The van der Waals surface area contributed by atoms with Crippen molar-refractivity contribution in [3.05, 3.63) is 27.9 Å². The Balaban J connectivity index is 3.08. The number of nitrogens with zero attached hydrogens (tertiary/aromatic N) is 3. The minimum absolute atomic E-state index is 0.00413. The van der Waals surface area contributed by atoms with Gasteiger partial charge in [0.1, 0.15) is 0 Å². The molecule has 0 bridgehead atoms. The highest BCUT2D eigenvalue weighted by Crippen LogP contribution is 2.31. The largest absolute Gasteiger partial charge is 0.409 e. The minimum atomic E-state index is -0.574. The molecule has 0 saturated heterocycles. The third-order valence-corrected chi connectivity index (χ3v) is 3.46. The van der Waals surface area contributed by atoms with Crippen molar-refractivity contribution in [3.63, 3.8) is 0 Å². The predicted octanol–water partition coefficient (Wildman–Crippen LogP) is 0.947. The van der Waals surface area contributed by atoms with Gasteiger partial charge in [-0.3, -0.25) is 10.1 Å². The zero-order valence-corrected chi connectivity index (χ0v) is 11.0. The first-order valence-corrected chi connectivity index (χ1v) is 6.27. The van der Waals surface area contributed by atoms with E-state index < -0.39 is 4.92 Å². The third kappa shape index (κ3) is 4.07. The molecule has 8 nitrogen and oxygen atoms in total. The number of nitro groups is 1. The van der Waals surface area contributed by atoms with E-state index in [9.17, 15) is 10.1 Å². The molecule has 9 heteroatoms. The van der Waals surface area contributed by atoms with Gasteiger partial charge in [-0.15, -0.1) is 0 Å². The van der Waals surface area contributed by atoms with Crippen LogP contribution in [0.4, 0.5) is 5.69 Å². The number of amidine groups is 1. The van der Waals surface area contributed by atoms with Crippen LogP contribution in [0, 0.1) is 10.1 Å². The summed E-state index contributed by atoms with van der Waals surface area (Å²) in [5.74, 6) is -0.240. The zero-order valence-electron chi connectivity index (χ0n) is 10.2. The molecule has 1 atom stereocenters. The third-order valence-electron chi connectivity index (χ3n) is 2.28. The Morgan fingerprint density at radius 3 is 2.95 bits per heavy atom. The molecular formula is C10H14N4O4S. The number of nitrogens with two attached hydrogens (primary N) is 1. The van der Waals surface area contributed by atoms with E-state index >= 15 is 0 Å². The fraction of sp³-hybridized carbons (Fsp3) is 0.400. The molecule has 1 unspecified atom stereocenters. The molecule has 0 aliphatic heterocycles. The zero-order chi connectivity index (χ0) is 14.4. The Bertz CT molecular complexity index is 494. The average Bonchev–Trinajstić information content (AvgIpc) is 2.38. The smallest absolute Gasteiger partial charge is 0.302 e. The molecule has 0 aliphatic rings. The van der Waals surface area contributed by atoms with Gasteiger partial charge in [0, 0.05) is 29.7 Å². The fourth-order valence-corrected chi connectivity index (χ4v) is 2.26. The lowest BCUT2D eigenvalue weighted by Crippen LogP contribution is -2.14. The molecule has 1 rings (SSSR count).